The second-order valence-corrected chi connectivity index (χ2v) is 8.84. The molecule has 1 atom stereocenters. The highest BCUT2D eigenvalue weighted by Gasteiger charge is 2.21. The third-order valence-electron chi connectivity index (χ3n) is 5.08. The van der Waals surface area contributed by atoms with Crippen molar-refractivity contribution < 1.29 is 23.1 Å². The molecule has 1 heterocycles. The fraction of sp³-hybridized carbons (Fsp3) is 0.130. The van der Waals surface area contributed by atoms with Gasteiger partial charge in [0, 0.05) is 0 Å². The van der Waals surface area contributed by atoms with Crippen molar-refractivity contribution >= 4 is 32.7 Å². The number of methoxy groups -OCH3 is 1. The Hall–Kier alpha value is -3.85. The zero-order valence-corrected chi connectivity index (χ0v) is 18.0. The average molecular weight is 452 g/mol. The number of imidazole rings is 1. The predicted molar refractivity (Wildman–Crippen MR) is 120 cm³/mol. The van der Waals surface area contributed by atoms with Crippen molar-refractivity contribution in [2.75, 3.05) is 11.8 Å². The maximum Gasteiger partial charge on any atom is 0.305 e. The van der Waals surface area contributed by atoms with E-state index in [1.54, 1.807) is 66.5 Å². The van der Waals surface area contributed by atoms with Crippen molar-refractivity contribution in [1.82, 2.24) is 9.55 Å². The summed E-state index contributed by atoms with van der Waals surface area (Å²) in [5.74, 6) is -0.270. The van der Waals surface area contributed by atoms with Gasteiger partial charge in [0.15, 0.2) is 0 Å². The van der Waals surface area contributed by atoms with Gasteiger partial charge in [-0.15, -0.1) is 0 Å². The highest BCUT2D eigenvalue weighted by atomic mass is 32.2. The van der Waals surface area contributed by atoms with E-state index in [0.29, 0.717) is 22.5 Å². The molecule has 0 amide bonds. The number of rotatable bonds is 8. The Bertz CT molecular complexity index is 1350. The molecule has 9 heteroatoms. The Balaban J connectivity index is 1.68. The molecule has 4 aromatic rings. The van der Waals surface area contributed by atoms with Crippen LogP contribution in [0.5, 0.6) is 5.75 Å². The summed E-state index contributed by atoms with van der Waals surface area (Å²) in [5.41, 5.74) is 2.39. The predicted octanol–water partition coefficient (Wildman–Crippen LogP) is 3.91. The van der Waals surface area contributed by atoms with Gasteiger partial charge in [-0.3, -0.25) is 9.52 Å². The fourth-order valence-corrected chi connectivity index (χ4v) is 4.60. The summed E-state index contributed by atoms with van der Waals surface area (Å²) in [6.45, 7) is 0. The molecule has 0 aliphatic rings. The summed E-state index contributed by atoms with van der Waals surface area (Å²) in [4.78, 5) is 16.1. The zero-order chi connectivity index (χ0) is 22.7. The molecule has 4 rings (SSSR count). The van der Waals surface area contributed by atoms with E-state index >= 15 is 0 Å². The molecule has 0 aliphatic heterocycles. The van der Waals surface area contributed by atoms with Crippen LogP contribution in [0.15, 0.2) is 84.0 Å². The molecular formula is C23H21N3O5S. The molecule has 3 aromatic carbocycles. The van der Waals surface area contributed by atoms with E-state index in [2.05, 4.69) is 9.71 Å². The van der Waals surface area contributed by atoms with Crippen molar-refractivity contribution in [2.24, 2.45) is 0 Å². The molecule has 0 radical (unpaired) electrons. The number of anilines is 1. The summed E-state index contributed by atoms with van der Waals surface area (Å²) in [6.07, 6.45) is 1.43. The highest BCUT2D eigenvalue weighted by Crippen LogP contribution is 2.29. The Morgan fingerprint density at radius 3 is 2.47 bits per heavy atom. The number of ether oxygens (including phenoxy) is 1. The van der Waals surface area contributed by atoms with Crippen LogP contribution in [-0.4, -0.2) is 36.2 Å². The third kappa shape index (κ3) is 4.42. The van der Waals surface area contributed by atoms with E-state index in [9.17, 15) is 18.3 Å². The number of benzene rings is 3. The maximum absolute atomic E-state index is 12.6. The van der Waals surface area contributed by atoms with E-state index in [1.807, 2.05) is 12.1 Å². The van der Waals surface area contributed by atoms with Crippen molar-refractivity contribution in [3.8, 4) is 5.75 Å². The summed E-state index contributed by atoms with van der Waals surface area (Å²) in [5, 5.41) is 9.46. The first kappa shape index (κ1) is 21.4. The van der Waals surface area contributed by atoms with Crippen LogP contribution in [0.3, 0.4) is 0 Å². The van der Waals surface area contributed by atoms with E-state index in [4.69, 9.17) is 4.74 Å². The molecule has 1 unspecified atom stereocenters. The molecule has 0 saturated heterocycles. The summed E-state index contributed by atoms with van der Waals surface area (Å²) < 4.78 is 34.7. The number of aromatic nitrogens is 2. The minimum atomic E-state index is -3.73. The summed E-state index contributed by atoms with van der Waals surface area (Å²) >= 11 is 0. The number of fused-ring (bicyclic) bond motifs is 1. The monoisotopic (exact) mass is 451 g/mol. The lowest BCUT2D eigenvalue weighted by Crippen LogP contribution is -2.14. The van der Waals surface area contributed by atoms with Crippen LogP contribution < -0.4 is 9.46 Å². The number of aliphatic carboxylic acids is 1. The van der Waals surface area contributed by atoms with Gasteiger partial charge in [0.1, 0.15) is 5.75 Å². The SMILES string of the molecule is COc1ccc(C(CC(=O)O)n2cnc3cc(NS(=O)(=O)c4ccccc4)ccc32)cc1. The van der Waals surface area contributed by atoms with Gasteiger partial charge in [-0.05, 0) is 48.0 Å². The van der Waals surface area contributed by atoms with Gasteiger partial charge in [-0.1, -0.05) is 30.3 Å². The Morgan fingerprint density at radius 2 is 1.81 bits per heavy atom. The quantitative estimate of drug-likeness (QED) is 0.420. The van der Waals surface area contributed by atoms with Gasteiger partial charge >= 0.3 is 5.97 Å². The molecule has 0 aliphatic carbocycles. The molecule has 2 N–H and O–H groups in total. The summed E-state index contributed by atoms with van der Waals surface area (Å²) in [6, 6.07) is 19.8. The molecule has 8 nitrogen and oxygen atoms in total. The maximum atomic E-state index is 12.6. The number of hydrogen-bond donors (Lipinski definition) is 2. The molecule has 0 spiro atoms. The highest BCUT2D eigenvalue weighted by molar-refractivity contribution is 7.92. The van der Waals surface area contributed by atoms with Crippen molar-refractivity contribution in [2.45, 2.75) is 17.4 Å². The van der Waals surface area contributed by atoms with Crippen molar-refractivity contribution in [3.05, 3.63) is 84.7 Å². The van der Waals surface area contributed by atoms with E-state index in [1.165, 1.54) is 12.1 Å². The van der Waals surface area contributed by atoms with E-state index in [-0.39, 0.29) is 11.3 Å². The van der Waals surface area contributed by atoms with Crippen molar-refractivity contribution in [3.63, 3.8) is 0 Å². The molecule has 32 heavy (non-hydrogen) atoms. The molecule has 164 valence electrons. The number of sulfonamides is 1. The molecule has 0 saturated carbocycles. The van der Waals surface area contributed by atoms with Crippen LogP contribution in [0.25, 0.3) is 11.0 Å². The van der Waals surface area contributed by atoms with Crippen LogP contribution >= 0.6 is 0 Å². The Kier molecular flexibility index (Phi) is 5.83. The lowest BCUT2D eigenvalue weighted by Gasteiger charge is -2.19. The number of nitrogens with zero attached hydrogens (tertiary/aromatic N) is 2. The molecule has 0 bridgehead atoms. The summed E-state index contributed by atoms with van der Waals surface area (Å²) in [7, 11) is -2.16. The Labute approximate surface area is 185 Å². The zero-order valence-electron chi connectivity index (χ0n) is 17.2. The lowest BCUT2D eigenvalue weighted by molar-refractivity contribution is -0.137. The van der Waals surface area contributed by atoms with E-state index in [0.717, 1.165) is 5.56 Å². The van der Waals surface area contributed by atoms with Gasteiger partial charge in [-0.2, -0.15) is 0 Å². The van der Waals surface area contributed by atoms with E-state index < -0.39 is 22.0 Å². The van der Waals surface area contributed by atoms with Crippen LogP contribution in [-0.2, 0) is 14.8 Å². The normalized spacial score (nSPS) is 12.4. The van der Waals surface area contributed by atoms with Crippen LogP contribution in [0.2, 0.25) is 0 Å². The first-order chi connectivity index (χ1) is 15.4. The Morgan fingerprint density at radius 1 is 1.09 bits per heavy atom. The third-order valence-corrected chi connectivity index (χ3v) is 6.48. The van der Waals surface area contributed by atoms with Gasteiger partial charge in [-0.25, -0.2) is 13.4 Å². The molecular weight excluding hydrogens is 430 g/mol. The van der Waals surface area contributed by atoms with Gasteiger partial charge in [0.25, 0.3) is 10.0 Å². The minimum absolute atomic E-state index is 0.139. The molecule has 1 aromatic heterocycles. The minimum Gasteiger partial charge on any atom is -0.497 e. The van der Waals surface area contributed by atoms with Gasteiger partial charge < -0.3 is 14.4 Å². The largest absolute Gasteiger partial charge is 0.497 e. The smallest absolute Gasteiger partial charge is 0.305 e. The van der Waals surface area contributed by atoms with Gasteiger partial charge in [0.2, 0.25) is 0 Å². The first-order valence-electron chi connectivity index (χ1n) is 9.77. The second-order valence-electron chi connectivity index (χ2n) is 7.16. The lowest BCUT2D eigenvalue weighted by atomic mass is 10.0. The standard InChI is InChI=1S/C23H21N3O5S/c1-31-18-10-7-16(8-11-18)22(14-23(27)28)26-15-24-20-13-17(9-12-21(20)26)25-32(29,30)19-5-3-2-4-6-19/h2-13,15,22,25H,14H2,1H3,(H,27,28). The van der Waals surface area contributed by atoms with Crippen LogP contribution in [0, 0.1) is 0 Å². The first-order valence-corrected chi connectivity index (χ1v) is 11.3. The topological polar surface area (TPSA) is 111 Å². The molecule has 0 fully saturated rings. The average Bonchev–Trinajstić information content (AvgIpc) is 3.21. The van der Waals surface area contributed by atoms with Crippen LogP contribution in [0.1, 0.15) is 18.0 Å². The second kappa shape index (κ2) is 8.72. The fourth-order valence-electron chi connectivity index (χ4n) is 3.53. The number of nitrogens with one attached hydrogen (secondary N) is 1. The number of carboxylic acids is 1. The number of carboxylic acid groups (broad SMARTS) is 1. The number of hydrogen-bond acceptors (Lipinski definition) is 5. The van der Waals surface area contributed by atoms with Crippen molar-refractivity contribution in [1.29, 1.82) is 0 Å². The van der Waals surface area contributed by atoms with Gasteiger partial charge in [0.05, 0.1) is 47.5 Å². The number of carbonyl (C=O) groups is 1. The van der Waals surface area contributed by atoms with Crippen LogP contribution in [0.4, 0.5) is 5.69 Å².